The van der Waals surface area contributed by atoms with Gasteiger partial charge in [0, 0.05) is 54.7 Å². The largest absolute Gasteiger partial charge is 0.378 e. The van der Waals surface area contributed by atoms with Crippen LogP contribution in [0.1, 0.15) is 40.2 Å². The number of ether oxygens (including phenoxy) is 1. The number of aromatic nitrogens is 2. The normalized spacial score (nSPS) is 13.5. The lowest BCUT2D eigenvalue weighted by molar-refractivity contribution is 0.0984. The van der Waals surface area contributed by atoms with E-state index in [0.717, 1.165) is 47.6 Å². The summed E-state index contributed by atoms with van der Waals surface area (Å²) in [6, 6.07) is 18.1. The van der Waals surface area contributed by atoms with Gasteiger partial charge < -0.3 is 9.64 Å². The van der Waals surface area contributed by atoms with Gasteiger partial charge in [-0.25, -0.2) is 9.97 Å². The maximum atomic E-state index is 12.1. The van der Waals surface area contributed by atoms with Crippen LogP contribution in [0.4, 0.5) is 5.69 Å². The first-order valence-electron chi connectivity index (χ1n) is 11.0. The van der Waals surface area contributed by atoms with Crippen molar-refractivity contribution >= 4 is 23.2 Å². The highest BCUT2D eigenvalue weighted by molar-refractivity contribution is 7.99. The van der Waals surface area contributed by atoms with Crippen molar-refractivity contribution in [3.05, 3.63) is 77.2 Å². The molecule has 2 aromatic carbocycles. The highest BCUT2D eigenvalue weighted by Gasteiger charge is 2.12. The third kappa shape index (κ3) is 6.19. The molecule has 3 aromatic rings. The number of carbonyl (C=O) groups is 1. The maximum Gasteiger partial charge on any atom is 0.163 e. The molecular formula is C26H26N4O2S. The van der Waals surface area contributed by atoms with E-state index in [0.29, 0.717) is 12.0 Å². The van der Waals surface area contributed by atoms with Crippen molar-refractivity contribution in [2.45, 2.75) is 36.1 Å². The lowest BCUT2D eigenvalue weighted by atomic mass is 10.1. The molecule has 0 amide bonds. The topological polar surface area (TPSA) is 79.1 Å². The fourth-order valence-electron chi connectivity index (χ4n) is 3.61. The molecule has 0 radical (unpaired) electrons. The highest BCUT2D eigenvalue weighted by atomic mass is 32.2. The summed E-state index contributed by atoms with van der Waals surface area (Å²) in [5.74, 6) is 0.777. The number of rotatable bonds is 8. The lowest BCUT2D eigenvalue weighted by Gasteiger charge is -2.28. The smallest absolute Gasteiger partial charge is 0.163 e. The Labute approximate surface area is 198 Å². The first kappa shape index (κ1) is 23.0. The van der Waals surface area contributed by atoms with Gasteiger partial charge in [-0.15, -0.1) is 0 Å². The van der Waals surface area contributed by atoms with Gasteiger partial charge in [-0.05, 0) is 42.3 Å². The van der Waals surface area contributed by atoms with Gasteiger partial charge in [0.2, 0.25) is 0 Å². The monoisotopic (exact) mass is 458 g/mol. The number of hydrogen-bond acceptors (Lipinski definition) is 7. The molecule has 4 rings (SSSR count). The van der Waals surface area contributed by atoms with Crippen molar-refractivity contribution in [2.75, 3.05) is 31.2 Å². The van der Waals surface area contributed by atoms with E-state index in [4.69, 9.17) is 15.0 Å². The second-order valence-corrected chi connectivity index (χ2v) is 8.99. The molecule has 0 saturated carbocycles. The van der Waals surface area contributed by atoms with Crippen LogP contribution in [0.15, 0.2) is 64.6 Å². The Hall–Kier alpha value is -3.21. The van der Waals surface area contributed by atoms with Crippen molar-refractivity contribution in [1.82, 2.24) is 9.97 Å². The molecule has 1 aliphatic heterocycles. The zero-order valence-electron chi connectivity index (χ0n) is 18.7. The Morgan fingerprint density at radius 1 is 1.12 bits per heavy atom. The van der Waals surface area contributed by atoms with Crippen molar-refractivity contribution < 1.29 is 9.53 Å². The number of nitriles is 1. The quantitative estimate of drug-likeness (QED) is 0.353. The molecule has 0 N–H and O–H groups in total. The van der Waals surface area contributed by atoms with E-state index >= 15 is 0 Å². The predicted molar refractivity (Wildman–Crippen MR) is 129 cm³/mol. The highest BCUT2D eigenvalue weighted by Crippen LogP contribution is 2.29. The zero-order valence-corrected chi connectivity index (χ0v) is 19.5. The molecule has 0 bridgehead atoms. The molecule has 0 atom stereocenters. The summed E-state index contributed by atoms with van der Waals surface area (Å²) >= 11 is 1.57. The summed E-state index contributed by atoms with van der Waals surface area (Å²) in [6.07, 6.45) is 3.04. The van der Waals surface area contributed by atoms with Gasteiger partial charge in [0.15, 0.2) is 5.78 Å². The number of Topliss-reactive ketones (excluding diaryl/α,β-unsaturated/α-hetero) is 1. The second-order valence-electron chi connectivity index (χ2n) is 7.92. The minimum absolute atomic E-state index is 0.00626. The van der Waals surface area contributed by atoms with E-state index in [1.54, 1.807) is 11.8 Å². The second kappa shape index (κ2) is 11.1. The number of nitrogens with zero attached hydrogens (tertiary/aromatic N) is 4. The number of anilines is 1. The average molecular weight is 459 g/mol. The molecular weight excluding hydrogens is 432 g/mol. The van der Waals surface area contributed by atoms with Crippen LogP contribution in [0.2, 0.25) is 0 Å². The number of hydrogen-bond donors (Lipinski definition) is 0. The fourth-order valence-corrected chi connectivity index (χ4v) is 4.47. The molecule has 168 valence electrons. The Bertz CT molecular complexity index is 1130. The molecule has 1 aromatic heterocycles. The third-order valence-corrected chi connectivity index (χ3v) is 6.62. The van der Waals surface area contributed by atoms with Crippen molar-refractivity contribution in [1.29, 1.82) is 5.26 Å². The predicted octanol–water partition coefficient (Wildman–Crippen LogP) is 4.85. The van der Waals surface area contributed by atoms with Crippen molar-refractivity contribution in [2.24, 2.45) is 0 Å². The van der Waals surface area contributed by atoms with E-state index in [2.05, 4.69) is 34.1 Å². The minimum atomic E-state index is -0.00626. The SMILES string of the molecule is Cc1cnc(Cc2ccc(N3CCOCC3)cc2)nc1Sc1ccc(C(=O)CCC#N)cc1. The van der Waals surface area contributed by atoms with Gasteiger partial charge >= 0.3 is 0 Å². The molecule has 7 heteroatoms. The molecule has 2 heterocycles. The summed E-state index contributed by atoms with van der Waals surface area (Å²) in [5.41, 5.74) is 4.04. The molecule has 0 unspecified atom stereocenters. The first-order chi connectivity index (χ1) is 16.1. The fraction of sp³-hybridized carbons (Fsp3) is 0.308. The van der Waals surface area contributed by atoms with Crippen LogP contribution in [0.3, 0.4) is 0 Å². The maximum absolute atomic E-state index is 12.1. The first-order valence-corrected chi connectivity index (χ1v) is 11.9. The third-order valence-electron chi connectivity index (χ3n) is 5.50. The number of ketones is 1. The minimum Gasteiger partial charge on any atom is -0.378 e. The summed E-state index contributed by atoms with van der Waals surface area (Å²) in [6.45, 7) is 5.41. The molecule has 1 saturated heterocycles. The van der Waals surface area contributed by atoms with Crippen LogP contribution in [0, 0.1) is 18.3 Å². The summed E-state index contributed by atoms with van der Waals surface area (Å²) in [7, 11) is 0. The van der Waals surface area contributed by atoms with Gasteiger partial charge in [-0.1, -0.05) is 36.0 Å². The standard InChI is InChI=1S/C26H26N4O2S/c1-19-18-28-25(17-20-4-8-22(9-5-20)30-13-15-32-16-14-30)29-26(19)33-23-10-6-21(7-11-23)24(31)3-2-12-27/h4-11,18H,2-3,13-17H2,1H3. The van der Waals surface area contributed by atoms with Crippen molar-refractivity contribution in [3.8, 4) is 6.07 Å². The van der Waals surface area contributed by atoms with Gasteiger partial charge in [-0.2, -0.15) is 5.26 Å². The van der Waals surface area contributed by atoms with E-state index in [9.17, 15) is 4.79 Å². The van der Waals surface area contributed by atoms with Gasteiger partial charge in [0.1, 0.15) is 10.9 Å². The summed E-state index contributed by atoms with van der Waals surface area (Å²) < 4.78 is 5.43. The van der Waals surface area contributed by atoms with Gasteiger partial charge in [0.05, 0.1) is 19.3 Å². The molecule has 6 nitrogen and oxygen atoms in total. The Kier molecular flexibility index (Phi) is 7.71. The molecule has 33 heavy (non-hydrogen) atoms. The average Bonchev–Trinajstić information content (AvgIpc) is 2.86. The van der Waals surface area contributed by atoms with E-state index < -0.39 is 0 Å². The number of morpholine rings is 1. The van der Waals surface area contributed by atoms with Crippen LogP contribution in [-0.4, -0.2) is 42.1 Å². The number of aryl methyl sites for hydroxylation is 1. The lowest BCUT2D eigenvalue weighted by Crippen LogP contribution is -2.36. The van der Waals surface area contributed by atoms with E-state index in [-0.39, 0.29) is 18.6 Å². The molecule has 1 aliphatic rings. The van der Waals surface area contributed by atoms with Crippen LogP contribution >= 0.6 is 11.8 Å². The van der Waals surface area contributed by atoms with E-state index in [1.165, 1.54) is 11.3 Å². The molecule has 0 spiro atoms. The summed E-state index contributed by atoms with van der Waals surface area (Å²) in [4.78, 5) is 24.7. The van der Waals surface area contributed by atoms with Crippen LogP contribution in [-0.2, 0) is 11.2 Å². The van der Waals surface area contributed by atoms with Crippen LogP contribution < -0.4 is 4.90 Å². The van der Waals surface area contributed by atoms with Crippen LogP contribution in [0.5, 0.6) is 0 Å². The number of benzene rings is 2. The van der Waals surface area contributed by atoms with Crippen molar-refractivity contribution in [3.63, 3.8) is 0 Å². The van der Waals surface area contributed by atoms with Gasteiger partial charge in [0.25, 0.3) is 0 Å². The van der Waals surface area contributed by atoms with E-state index in [1.807, 2.05) is 43.5 Å². The molecule has 0 aliphatic carbocycles. The Morgan fingerprint density at radius 3 is 2.55 bits per heavy atom. The van der Waals surface area contributed by atoms with Crippen LogP contribution in [0.25, 0.3) is 0 Å². The zero-order chi connectivity index (χ0) is 23.0. The van der Waals surface area contributed by atoms with Gasteiger partial charge in [-0.3, -0.25) is 4.79 Å². The molecule has 1 fully saturated rings. The summed E-state index contributed by atoms with van der Waals surface area (Å²) in [5, 5.41) is 9.56. The Balaban J connectivity index is 1.41. The number of carbonyl (C=O) groups excluding carboxylic acids is 1. The Morgan fingerprint density at radius 2 is 1.85 bits per heavy atom.